The number of rotatable bonds is 5. The van der Waals surface area contributed by atoms with Crippen LogP contribution in [0.2, 0.25) is 0 Å². The molecule has 0 unspecified atom stereocenters. The Balaban J connectivity index is 2.10. The minimum atomic E-state index is 0.0944. The van der Waals surface area contributed by atoms with E-state index >= 15 is 0 Å². The van der Waals surface area contributed by atoms with E-state index in [-0.39, 0.29) is 6.10 Å². The number of hydrogen-bond donors (Lipinski definition) is 1. The van der Waals surface area contributed by atoms with E-state index in [1.54, 1.807) is 12.3 Å². The van der Waals surface area contributed by atoms with E-state index in [9.17, 15) is 0 Å². The molecule has 0 spiro atoms. The fourth-order valence-corrected chi connectivity index (χ4v) is 1.86. The van der Waals surface area contributed by atoms with Crippen molar-refractivity contribution in [1.82, 2.24) is 9.97 Å². The van der Waals surface area contributed by atoms with E-state index in [1.807, 2.05) is 50.1 Å². The maximum absolute atomic E-state index is 5.78. The third-order valence-corrected chi connectivity index (χ3v) is 2.69. The molecule has 0 bridgehead atoms. The molecule has 0 radical (unpaired) electrons. The van der Waals surface area contributed by atoms with Gasteiger partial charge in [0.15, 0.2) is 0 Å². The number of nitrogen functional groups attached to an aromatic ring is 1. The number of hydrogen-bond acceptors (Lipinski definition) is 5. The lowest BCUT2D eigenvalue weighted by atomic mass is 10.2. The summed E-state index contributed by atoms with van der Waals surface area (Å²) in [5.41, 5.74) is 7.66. The van der Waals surface area contributed by atoms with Crippen molar-refractivity contribution in [1.29, 1.82) is 0 Å². The van der Waals surface area contributed by atoms with Gasteiger partial charge in [0.25, 0.3) is 0 Å². The Hall–Kier alpha value is -2.30. The van der Waals surface area contributed by atoms with Crippen molar-refractivity contribution in [2.45, 2.75) is 26.5 Å². The van der Waals surface area contributed by atoms with Crippen LogP contribution in [0.4, 0.5) is 11.6 Å². The molecule has 106 valence electrons. The summed E-state index contributed by atoms with van der Waals surface area (Å²) in [6, 6.07) is 9.55. The summed E-state index contributed by atoms with van der Waals surface area (Å²) in [6.07, 6.45) is 1.80. The highest BCUT2D eigenvalue weighted by molar-refractivity contribution is 5.42. The molecule has 1 heterocycles. The van der Waals surface area contributed by atoms with Gasteiger partial charge >= 0.3 is 0 Å². The third kappa shape index (κ3) is 3.85. The Morgan fingerprint density at radius 2 is 2.10 bits per heavy atom. The smallest absolute Gasteiger partial charge is 0.228 e. The molecule has 20 heavy (non-hydrogen) atoms. The quantitative estimate of drug-likeness (QED) is 0.847. The van der Waals surface area contributed by atoms with Gasteiger partial charge in [0.1, 0.15) is 0 Å². The Labute approximate surface area is 119 Å². The van der Waals surface area contributed by atoms with E-state index in [2.05, 4.69) is 9.97 Å². The summed E-state index contributed by atoms with van der Waals surface area (Å²) in [6.45, 7) is 4.63. The first-order valence-corrected chi connectivity index (χ1v) is 6.60. The van der Waals surface area contributed by atoms with Gasteiger partial charge in [0, 0.05) is 31.5 Å². The van der Waals surface area contributed by atoms with Gasteiger partial charge in [-0.25, -0.2) is 4.98 Å². The van der Waals surface area contributed by atoms with Crippen LogP contribution < -0.4 is 15.4 Å². The van der Waals surface area contributed by atoms with E-state index in [4.69, 9.17) is 10.5 Å². The molecule has 1 aromatic carbocycles. The lowest BCUT2D eigenvalue weighted by Gasteiger charge is -2.18. The standard InChI is InChI=1S/C15H20N4O/c1-11(2)20-14-7-8-17-15(18-14)19(3)10-12-5-4-6-13(16)9-12/h4-9,11H,10,16H2,1-3H3. The van der Waals surface area contributed by atoms with E-state index < -0.39 is 0 Å². The van der Waals surface area contributed by atoms with E-state index in [0.717, 1.165) is 11.3 Å². The highest BCUT2D eigenvalue weighted by Gasteiger charge is 2.08. The van der Waals surface area contributed by atoms with Crippen molar-refractivity contribution in [2.75, 3.05) is 17.7 Å². The molecule has 0 saturated heterocycles. The predicted octanol–water partition coefficient (Wildman–Crippen LogP) is 2.48. The van der Waals surface area contributed by atoms with Gasteiger partial charge in [-0.05, 0) is 31.5 Å². The average Bonchev–Trinajstić information content (AvgIpc) is 2.38. The van der Waals surface area contributed by atoms with Crippen LogP contribution in [-0.2, 0) is 6.54 Å². The molecule has 0 aliphatic carbocycles. The normalized spacial score (nSPS) is 10.6. The van der Waals surface area contributed by atoms with Crippen molar-refractivity contribution in [2.24, 2.45) is 0 Å². The first kappa shape index (κ1) is 14.1. The van der Waals surface area contributed by atoms with Gasteiger partial charge in [-0.3, -0.25) is 0 Å². The molecule has 0 fully saturated rings. The average molecular weight is 272 g/mol. The maximum Gasteiger partial charge on any atom is 0.228 e. The van der Waals surface area contributed by atoms with Gasteiger partial charge < -0.3 is 15.4 Å². The van der Waals surface area contributed by atoms with Crippen LogP contribution in [0, 0.1) is 0 Å². The molecule has 2 aromatic rings. The Bertz CT molecular complexity index is 571. The molecule has 1 aromatic heterocycles. The Morgan fingerprint density at radius 3 is 2.80 bits per heavy atom. The van der Waals surface area contributed by atoms with Gasteiger partial charge in [-0.2, -0.15) is 4.98 Å². The summed E-state index contributed by atoms with van der Waals surface area (Å²) >= 11 is 0. The molecule has 5 nitrogen and oxygen atoms in total. The number of ether oxygens (including phenoxy) is 1. The topological polar surface area (TPSA) is 64.3 Å². The number of nitrogens with two attached hydrogens (primary N) is 1. The second kappa shape index (κ2) is 6.23. The zero-order valence-electron chi connectivity index (χ0n) is 12.1. The number of benzene rings is 1. The molecule has 0 amide bonds. The van der Waals surface area contributed by atoms with Crippen molar-refractivity contribution < 1.29 is 4.74 Å². The predicted molar refractivity (Wildman–Crippen MR) is 80.8 cm³/mol. The first-order chi connectivity index (χ1) is 9.54. The SMILES string of the molecule is CC(C)Oc1ccnc(N(C)Cc2cccc(N)c2)n1. The lowest BCUT2D eigenvalue weighted by Crippen LogP contribution is -2.19. The zero-order chi connectivity index (χ0) is 14.5. The van der Waals surface area contributed by atoms with Crippen LogP contribution in [0.25, 0.3) is 0 Å². The minimum absolute atomic E-state index is 0.0944. The Morgan fingerprint density at radius 1 is 1.30 bits per heavy atom. The van der Waals surface area contributed by atoms with Crippen molar-refractivity contribution >= 4 is 11.6 Å². The third-order valence-electron chi connectivity index (χ3n) is 2.69. The number of nitrogens with zero attached hydrogens (tertiary/aromatic N) is 3. The second-order valence-corrected chi connectivity index (χ2v) is 4.96. The summed E-state index contributed by atoms with van der Waals surface area (Å²) in [4.78, 5) is 10.6. The van der Waals surface area contributed by atoms with Crippen molar-refractivity contribution in [3.8, 4) is 5.88 Å². The monoisotopic (exact) mass is 272 g/mol. The summed E-state index contributed by atoms with van der Waals surface area (Å²) in [7, 11) is 1.94. The number of aromatic nitrogens is 2. The van der Waals surface area contributed by atoms with Gasteiger partial charge in [0.05, 0.1) is 6.10 Å². The van der Waals surface area contributed by atoms with Gasteiger partial charge in [-0.15, -0.1) is 0 Å². The Kier molecular flexibility index (Phi) is 4.40. The van der Waals surface area contributed by atoms with Crippen LogP contribution >= 0.6 is 0 Å². The van der Waals surface area contributed by atoms with E-state index in [1.165, 1.54) is 0 Å². The second-order valence-electron chi connectivity index (χ2n) is 4.96. The lowest BCUT2D eigenvalue weighted by molar-refractivity contribution is 0.232. The van der Waals surface area contributed by atoms with Crippen LogP contribution in [0.5, 0.6) is 5.88 Å². The summed E-state index contributed by atoms with van der Waals surface area (Å²) in [5, 5.41) is 0. The van der Waals surface area contributed by atoms with Crippen LogP contribution in [0.15, 0.2) is 36.5 Å². The molecule has 0 atom stereocenters. The van der Waals surface area contributed by atoms with Crippen molar-refractivity contribution in [3.63, 3.8) is 0 Å². The molecule has 0 aliphatic rings. The van der Waals surface area contributed by atoms with Crippen molar-refractivity contribution in [3.05, 3.63) is 42.1 Å². The summed E-state index contributed by atoms with van der Waals surface area (Å²) in [5.74, 6) is 1.22. The zero-order valence-corrected chi connectivity index (χ0v) is 12.1. The van der Waals surface area contributed by atoms with Gasteiger partial charge in [0.2, 0.25) is 11.8 Å². The van der Waals surface area contributed by atoms with E-state index in [0.29, 0.717) is 18.4 Å². The highest BCUT2D eigenvalue weighted by atomic mass is 16.5. The largest absolute Gasteiger partial charge is 0.475 e. The van der Waals surface area contributed by atoms with Gasteiger partial charge in [-0.1, -0.05) is 12.1 Å². The molecule has 2 N–H and O–H groups in total. The molecule has 5 heteroatoms. The fourth-order valence-electron chi connectivity index (χ4n) is 1.86. The molecular weight excluding hydrogens is 252 g/mol. The number of anilines is 2. The minimum Gasteiger partial charge on any atom is -0.475 e. The highest BCUT2D eigenvalue weighted by Crippen LogP contribution is 2.16. The molecule has 2 rings (SSSR count). The fraction of sp³-hybridized carbons (Fsp3) is 0.333. The van der Waals surface area contributed by atoms with Crippen LogP contribution in [-0.4, -0.2) is 23.1 Å². The first-order valence-electron chi connectivity index (χ1n) is 6.60. The van der Waals surface area contributed by atoms with Crippen LogP contribution in [0.1, 0.15) is 19.4 Å². The summed E-state index contributed by atoms with van der Waals surface area (Å²) < 4.78 is 5.58. The maximum atomic E-state index is 5.78. The molecule has 0 aliphatic heterocycles. The molecule has 0 saturated carbocycles. The molecular formula is C15H20N4O. The van der Waals surface area contributed by atoms with Crippen LogP contribution in [0.3, 0.4) is 0 Å².